The molecular weight excluding hydrogens is 441 g/mol. The van der Waals surface area contributed by atoms with E-state index in [0.29, 0.717) is 15.8 Å². The topological polar surface area (TPSA) is 54.9 Å². The minimum Gasteiger partial charge on any atom is -0.318 e. The fourth-order valence-corrected chi connectivity index (χ4v) is 4.62. The van der Waals surface area contributed by atoms with E-state index in [1.165, 1.54) is 41.2 Å². The molecule has 0 unspecified atom stereocenters. The van der Waals surface area contributed by atoms with Gasteiger partial charge in [0, 0.05) is 16.8 Å². The molecule has 1 N–H and O–H groups in total. The average Bonchev–Trinajstić information content (AvgIpc) is 2.80. The van der Waals surface area contributed by atoms with Crippen LogP contribution in [0, 0.1) is 12.7 Å². The summed E-state index contributed by atoms with van der Waals surface area (Å²) in [6.45, 7) is 2.05. The van der Waals surface area contributed by atoms with E-state index in [0.717, 1.165) is 10.5 Å². The fraction of sp³-hybridized carbons (Fsp3) is 0.0800. The smallest absolute Gasteiger partial charge is 0.275 e. The number of hydrogen-bond donors (Lipinski definition) is 1. The molecule has 0 aliphatic rings. The Kier molecular flexibility index (Phi) is 7.19. The molecular formula is C25H20FN3OS2. The lowest BCUT2D eigenvalue weighted by Crippen LogP contribution is -2.16. The van der Waals surface area contributed by atoms with Crippen molar-refractivity contribution in [2.24, 2.45) is 0 Å². The van der Waals surface area contributed by atoms with Crippen LogP contribution in [0.25, 0.3) is 0 Å². The molecule has 0 saturated heterocycles. The number of amides is 1. The van der Waals surface area contributed by atoms with Crippen molar-refractivity contribution in [3.63, 3.8) is 0 Å². The summed E-state index contributed by atoms with van der Waals surface area (Å²) in [7, 11) is 0. The molecule has 0 aliphatic carbocycles. The van der Waals surface area contributed by atoms with Gasteiger partial charge in [-0.1, -0.05) is 83.7 Å². The monoisotopic (exact) mass is 461 g/mol. The zero-order valence-corrected chi connectivity index (χ0v) is 18.9. The number of carbonyl (C=O) groups is 1. The molecule has 0 bridgehead atoms. The van der Waals surface area contributed by atoms with Gasteiger partial charge in [-0.25, -0.2) is 14.4 Å². The molecule has 1 heterocycles. The molecule has 4 nitrogen and oxygen atoms in total. The van der Waals surface area contributed by atoms with Gasteiger partial charge in [-0.15, -0.1) is 0 Å². The van der Waals surface area contributed by atoms with Crippen molar-refractivity contribution >= 4 is 35.1 Å². The Morgan fingerprint density at radius 2 is 1.78 bits per heavy atom. The number of halogens is 1. The number of benzene rings is 3. The Morgan fingerprint density at radius 3 is 2.56 bits per heavy atom. The third kappa shape index (κ3) is 5.75. The third-order valence-corrected chi connectivity index (χ3v) is 6.45. The molecule has 0 spiro atoms. The molecule has 0 atom stereocenters. The van der Waals surface area contributed by atoms with E-state index in [1.54, 1.807) is 18.3 Å². The van der Waals surface area contributed by atoms with E-state index in [-0.39, 0.29) is 11.4 Å². The summed E-state index contributed by atoms with van der Waals surface area (Å²) in [4.78, 5) is 23.6. The van der Waals surface area contributed by atoms with Crippen LogP contribution in [0.2, 0.25) is 0 Å². The first-order chi connectivity index (χ1) is 15.6. The second kappa shape index (κ2) is 10.4. The highest BCUT2D eigenvalue weighted by Gasteiger charge is 2.18. The van der Waals surface area contributed by atoms with Gasteiger partial charge < -0.3 is 5.32 Å². The third-order valence-electron chi connectivity index (χ3n) is 4.49. The molecule has 0 aliphatic heterocycles. The standard InChI is InChI=1S/C25H20FN3OS2/c1-17-8-7-9-18(14-17)16-31-25-27-15-22(32-19-10-3-2-4-11-19)23(29-25)24(30)28-21-13-6-5-12-20(21)26/h2-15H,16H2,1H3,(H,28,30). The molecule has 1 amide bonds. The first kappa shape index (κ1) is 22.0. The van der Waals surface area contributed by atoms with Gasteiger partial charge in [-0.05, 0) is 36.8 Å². The number of rotatable bonds is 7. The summed E-state index contributed by atoms with van der Waals surface area (Å²) in [5.74, 6) is -0.295. The number of nitrogens with one attached hydrogen (secondary N) is 1. The highest BCUT2D eigenvalue weighted by Crippen LogP contribution is 2.31. The van der Waals surface area contributed by atoms with Crippen molar-refractivity contribution in [1.29, 1.82) is 0 Å². The van der Waals surface area contributed by atoms with Crippen LogP contribution in [0.15, 0.2) is 100 Å². The van der Waals surface area contributed by atoms with Gasteiger partial charge in [0.25, 0.3) is 5.91 Å². The van der Waals surface area contributed by atoms with E-state index in [2.05, 4.69) is 21.4 Å². The molecule has 4 aromatic rings. The highest BCUT2D eigenvalue weighted by atomic mass is 32.2. The van der Waals surface area contributed by atoms with Crippen LogP contribution in [0.4, 0.5) is 10.1 Å². The number of carbonyl (C=O) groups excluding carboxylic acids is 1. The molecule has 7 heteroatoms. The van der Waals surface area contributed by atoms with E-state index >= 15 is 0 Å². The van der Waals surface area contributed by atoms with E-state index in [9.17, 15) is 9.18 Å². The lowest BCUT2D eigenvalue weighted by Gasteiger charge is -2.11. The maximum Gasteiger partial charge on any atom is 0.275 e. The number of aromatic nitrogens is 2. The van der Waals surface area contributed by atoms with Gasteiger partial charge in [0.05, 0.1) is 10.6 Å². The van der Waals surface area contributed by atoms with Gasteiger partial charge in [0.2, 0.25) is 0 Å². The van der Waals surface area contributed by atoms with E-state index in [1.807, 2.05) is 55.5 Å². The number of nitrogens with zero attached hydrogens (tertiary/aromatic N) is 2. The van der Waals surface area contributed by atoms with Crippen LogP contribution >= 0.6 is 23.5 Å². The summed E-state index contributed by atoms with van der Waals surface area (Å²) in [5.41, 5.74) is 2.66. The van der Waals surface area contributed by atoms with Crippen molar-refractivity contribution in [2.75, 3.05) is 5.32 Å². The Bertz CT molecular complexity index is 1230. The van der Waals surface area contributed by atoms with Gasteiger partial charge in [-0.2, -0.15) is 0 Å². The van der Waals surface area contributed by atoms with Gasteiger partial charge >= 0.3 is 0 Å². The predicted octanol–water partition coefficient (Wildman–Crippen LogP) is 6.62. The van der Waals surface area contributed by atoms with Gasteiger partial charge in [-0.3, -0.25) is 4.79 Å². The molecule has 1 aromatic heterocycles. The maximum atomic E-state index is 14.1. The summed E-state index contributed by atoms with van der Waals surface area (Å²) < 4.78 is 14.1. The number of thioether (sulfide) groups is 1. The van der Waals surface area contributed by atoms with Crippen molar-refractivity contribution in [3.05, 3.63) is 108 Å². The van der Waals surface area contributed by atoms with Gasteiger partial charge in [0.1, 0.15) is 11.5 Å². The first-order valence-corrected chi connectivity index (χ1v) is 11.7. The zero-order chi connectivity index (χ0) is 22.3. The Hall–Kier alpha value is -3.16. The highest BCUT2D eigenvalue weighted by molar-refractivity contribution is 7.99. The summed E-state index contributed by atoms with van der Waals surface area (Å²) in [6, 6.07) is 24.0. The SMILES string of the molecule is Cc1cccc(CSc2ncc(Sc3ccccc3)c(C(=O)Nc3ccccc3F)n2)c1. The minimum absolute atomic E-state index is 0.112. The van der Waals surface area contributed by atoms with E-state index < -0.39 is 11.7 Å². The Morgan fingerprint density at radius 1 is 1.00 bits per heavy atom. The fourth-order valence-electron chi connectivity index (χ4n) is 2.97. The molecule has 32 heavy (non-hydrogen) atoms. The molecule has 3 aromatic carbocycles. The van der Waals surface area contributed by atoms with Crippen LogP contribution < -0.4 is 5.32 Å². The Labute approximate surface area is 194 Å². The lowest BCUT2D eigenvalue weighted by atomic mass is 10.2. The molecule has 0 fully saturated rings. The molecule has 160 valence electrons. The second-order valence-corrected chi connectivity index (χ2v) is 9.05. The van der Waals surface area contributed by atoms with Crippen LogP contribution in [-0.2, 0) is 5.75 Å². The second-order valence-electron chi connectivity index (χ2n) is 6.99. The normalized spacial score (nSPS) is 10.7. The zero-order valence-electron chi connectivity index (χ0n) is 17.3. The average molecular weight is 462 g/mol. The van der Waals surface area contributed by atoms with Crippen molar-refractivity contribution in [1.82, 2.24) is 9.97 Å². The molecule has 0 saturated carbocycles. The van der Waals surface area contributed by atoms with Crippen LogP contribution in [0.3, 0.4) is 0 Å². The predicted molar refractivity (Wildman–Crippen MR) is 128 cm³/mol. The summed E-state index contributed by atoms with van der Waals surface area (Å²) in [6.07, 6.45) is 1.65. The summed E-state index contributed by atoms with van der Waals surface area (Å²) >= 11 is 2.85. The number of hydrogen-bond acceptors (Lipinski definition) is 5. The maximum absolute atomic E-state index is 14.1. The summed E-state index contributed by atoms with van der Waals surface area (Å²) in [5, 5.41) is 3.12. The number of anilines is 1. The Balaban J connectivity index is 1.61. The minimum atomic E-state index is -0.499. The van der Waals surface area contributed by atoms with E-state index in [4.69, 9.17) is 0 Å². The van der Waals surface area contributed by atoms with Crippen molar-refractivity contribution in [3.8, 4) is 0 Å². The quantitative estimate of drug-likeness (QED) is 0.248. The largest absolute Gasteiger partial charge is 0.318 e. The lowest BCUT2D eigenvalue weighted by molar-refractivity contribution is 0.101. The van der Waals surface area contributed by atoms with Crippen LogP contribution in [-0.4, -0.2) is 15.9 Å². The first-order valence-electron chi connectivity index (χ1n) is 9.92. The van der Waals surface area contributed by atoms with Crippen molar-refractivity contribution < 1.29 is 9.18 Å². The molecule has 4 rings (SSSR count). The van der Waals surface area contributed by atoms with Crippen molar-refractivity contribution in [2.45, 2.75) is 27.6 Å². The number of aryl methyl sites for hydroxylation is 1. The van der Waals surface area contributed by atoms with Gasteiger partial charge in [0.15, 0.2) is 5.16 Å². The number of para-hydroxylation sites is 1. The van der Waals surface area contributed by atoms with Crippen LogP contribution in [0.1, 0.15) is 21.6 Å². The molecule has 0 radical (unpaired) electrons. The van der Waals surface area contributed by atoms with Crippen LogP contribution in [0.5, 0.6) is 0 Å².